The van der Waals surface area contributed by atoms with Crippen LogP contribution in [0.4, 0.5) is 0 Å². The van der Waals surface area contributed by atoms with Gasteiger partial charge in [-0.3, -0.25) is 0 Å². The van der Waals surface area contributed by atoms with E-state index in [1.807, 2.05) is 47.0 Å². The number of carbonyl (C=O) groups is 1. The van der Waals surface area contributed by atoms with E-state index in [0.29, 0.717) is 6.73 Å². The summed E-state index contributed by atoms with van der Waals surface area (Å²) in [5, 5.41) is 9.87. The number of aliphatic carboxylic acids is 1. The van der Waals surface area contributed by atoms with Crippen LogP contribution in [0.5, 0.6) is 0 Å². The Kier molecular flexibility index (Phi) is 4.21. The Morgan fingerprint density at radius 2 is 2.04 bits per heavy atom. The zero-order chi connectivity index (χ0) is 16.2. The molecule has 0 aliphatic heterocycles. The number of pyridine rings is 1. The Labute approximate surface area is 133 Å². The number of fused-ring (bicyclic) bond motifs is 1. The average molecular weight is 308 g/mol. The molecule has 23 heavy (non-hydrogen) atoms. The second-order valence-electron chi connectivity index (χ2n) is 5.02. The topological polar surface area (TPSA) is 64.3 Å². The van der Waals surface area contributed by atoms with Crippen molar-refractivity contribution in [2.45, 2.75) is 6.73 Å². The van der Waals surface area contributed by atoms with Crippen LogP contribution in [-0.4, -0.2) is 27.7 Å². The van der Waals surface area contributed by atoms with Crippen molar-refractivity contribution in [1.29, 1.82) is 0 Å². The monoisotopic (exact) mass is 308 g/mol. The number of methoxy groups -OCH3 is 1. The van der Waals surface area contributed by atoms with Gasteiger partial charge in [0.15, 0.2) is 0 Å². The van der Waals surface area contributed by atoms with Gasteiger partial charge in [-0.05, 0) is 23.8 Å². The summed E-state index contributed by atoms with van der Waals surface area (Å²) in [6.07, 6.45) is 4.47. The molecule has 0 fully saturated rings. The van der Waals surface area contributed by atoms with Crippen molar-refractivity contribution in [3.8, 4) is 11.3 Å². The molecule has 2 heterocycles. The van der Waals surface area contributed by atoms with Crippen LogP contribution in [0.3, 0.4) is 0 Å². The van der Waals surface area contributed by atoms with Gasteiger partial charge >= 0.3 is 5.97 Å². The average Bonchev–Trinajstić information content (AvgIpc) is 2.88. The van der Waals surface area contributed by atoms with Crippen molar-refractivity contribution in [3.63, 3.8) is 0 Å². The molecule has 3 aromatic rings. The first-order valence-corrected chi connectivity index (χ1v) is 7.15. The molecule has 0 radical (unpaired) electrons. The van der Waals surface area contributed by atoms with Crippen LogP contribution in [-0.2, 0) is 16.3 Å². The number of carboxylic acid groups (broad SMARTS) is 1. The molecule has 0 bridgehead atoms. The van der Waals surface area contributed by atoms with Crippen LogP contribution in [0, 0.1) is 0 Å². The molecule has 0 atom stereocenters. The molecular formula is C18H16N2O3. The van der Waals surface area contributed by atoms with Crippen molar-refractivity contribution in [2.24, 2.45) is 0 Å². The molecule has 0 aliphatic rings. The number of hydrogen-bond acceptors (Lipinski definition) is 3. The molecule has 5 nitrogen and oxygen atoms in total. The SMILES string of the molecule is COCn1c(-c2ccccc2)c(C=CC(=O)O)c2cccnc21. The highest BCUT2D eigenvalue weighted by Crippen LogP contribution is 2.33. The minimum Gasteiger partial charge on any atom is -0.478 e. The minimum absolute atomic E-state index is 0.332. The maximum Gasteiger partial charge on any atom is 0.328 e. The van der Waals surface area contributed by atoms with E-state index in [1.165, 1.54) is 0 Å². The third-order valence-electron chi connectivity index (χ3n) is 3.56. The van der Waals surface area contributed by atoms with Gasteiger partial charge in [0, 0.05) is 30.3 Å². The predicted molar refractivity (Wildman–Crippen MR) is 88.8 cm³/mol. The Balaban J connectivity index is 2.35. The third kappa shape index (κ3) is 2.86. The lowest BCUT2D eigenvalue weighted by Gasteiger charge is -2.10. The first kappa shape index (κ1) is 15.0. The van der Waals surface area contributed by atoms with Gasteiger partial charge in [0.05, 0.1) is 5.69 Å². The molecule has 0 spiro atoms. The fourth-order valence-corrected chi connectivity index (χ4v) is 2.69. The maximum atomic E-state index is 11.0. The lowest BCUT2D eigenvalue weighted by atomic mass is 10.1. The highest BCUT2D eigenvalue weighted by Gasteiger charge is 2.17. The predicted octanol–water partition coefficient (Wildman–Crippen LogP) is 3.41. The number of aromatic nitrogens is 2. The van der Waals surface area contributed by atoms with E-state index in [2.05, 4.69) is 4.98 Å². The lowest BCUT2D eigenvalue weighted by molar-refractivity contribution is -0.131. The first-order valence-electron chi connectivity index (χ1n) is 7.15. The van der Waals surface area contributed by atoms with E-state index in [9.17, 15) is 4.79 Å². The van der Waals surface area contributed by atoms with E-state index in [0.717, 1.165) is 33.9 Å². The second kappa shape index (κ2) is 6.46. The summed E-state index contributed by atoms with van der Waals surface area (Å²) in [5.41, 5.74) is 3.45. The third-order valence-corrected chi connectivity index (χ3v) is 3.56. The molecule has 0 unspecified atom stereocenters. The molecular weight excluding hydrogens is 292 g/mol. The molecule has 1 aromatic carbocycles. The van der Waals surface area contributed by atoms with Gasteiger partial charge < -0.3 is 14.4 Å². The summed E-state index contributed by atoms with van der Waals surface area (Å²) in [6.45, 7) is 0.332. The van der Waals surface area contributed by atoms with Crippen LogP contribution < -0.4 is 0 Å². The van der Waals surface area contributed by atoms with E-state index in [1.54, 1.807) is 19.4 Å². The van der Waals surface area contributed by atoms with Crippen LogP contribution in [0.2, 0.25) is 0 Å². The normalized spacial score (nSPS) is 11.3. The number of ether oxygens (including phenoxy) is 1. The van der Waals surface area contributed by atoms with Gasteiger partial charge in [-0.2, -0.15) is 0 Å². The van der Waals surface area contributed by atoms with Crippen molar-refractivity contribution in [2.75, 3.05) is 7.11 Å². The minimum atomic E-state index is -0.986. The van der Waals surface area contributed by atoms with Gasteiger partial charge in [0.1, 0.15) is 12.4 Å². The fraction of sp³-hybridized carbons (Fsp3) is 0.111. The highest BCUT2D eigenvalue weighted by atomic mass is 16.5. The summed E-state index contributed by atoms with van der Waals surface area (Å²) in [7, 11) is 1.62. The van der Waals surface area contributed by atoms with Gasteiger partial charge in [0.25, 0.3) is 0 Å². The molecule has 0 aliphatic carbocycles. The standard InChI is InChI=1S/C18H16N2O3/c1-23-12-20-17(13-6-3-2-4-7-13)14(9-10-16(21)22)15-8-5-11-19-18(15)20/h2-11H,12H2,1H3,(H,21,22). The molecule has 0 amide bonds. The summed E-state index contributed by atoms with van der Waals surface area (Å²) < 4.78 is 7.27. The lowest BCUT2D eigenvalue weighted by Crippen LogP contribution is -2.03. The van der Waals surface area contributed by atoms with Crippen molar-refractivity contribution < 1.29 is 14.6 Å². The zero-order valence-corrected chi connectivity index (χ0v) is 12.6. The largest absolute Gasteiger partial charge is 0.478 e. The molecule has 2 aromatic heterocycles. The van der Waals surface area contributed by atoms with Crippen LogP contribution in [0.15, 0.2) is 54.7 Å². The summed E-state index contributed by atoms with van der Waals surface area (Å²) in [6, 6.07) is 13.6. The summed E-state index contributed by atoms with van der Waals surface area (Å²) in [5.74, 6) is -0.986. The maximum absolute atomic E-state index is 11.0. The first-order chi connectivity index (χ1) is 11.2. The fourth-order valence-electron chi connectivity index (χ4n) is 2.69. The molecule has 0 saturated carbocycles. The van der Waals surface area contributed by atoms with Gasteiger partial charge in [-0.15, -0.1) is 0 Å². The number of hydrogen-bond donors (Lipinski definition) is 1. The van der Waals surface area contributed by atoms with E-state index < -0.39 is 5.97 Å². The Morgan fingerprint density at radius 3 is 2.74 bits per heavy atom. The number of carboxylic acids is 1. The van der Waals surface area contributed by atoms with E-state index >= 15 is 0 Å². The van der Waals surface area contributed by atoms with Gasteiger partial charge in [0.2, 0.25) is 0 Å². The van der Waals surface area contributed by atoms with Crippen LogP contribution in [0.25, 0.3) is 28.4 Å². The molecule has 1 N–H and O–H groups in total. The Hall–Kier alpha value is -2.92. The Bertz CT molecular complexity index is 867. The summed E-state index contributed by atoms with van der Waals surface area (Å²) >= 11 is 0. The molecule has 0 saturated heterocycles. The molecule has 116 valence electrons. The van der Waals surface area contributed by atoms with Crippen LogP contribution >= 0.6 is 0 Å². The highest BCUT2D eigenvalue weighted by molar-refractivity contribution is 5.98. The van der Waals surface area contributed by atoms with Gasteiger partial charge in [-0.1, -0.05) is 30.3 Å². The van der Waals surface area contributed by atoms with Crippen LogP contribution in [0.1, 0.15) is 5.56 Å². The number of rotatable bonds is 5. The van der Waals surface area contributed by atoms with E-state index in [-0.39, 0.29) is 0 Å². The van der Waals surface area contributed by atoms with Crippen molar-refractivity contribution in [3.05, 3.63) is 60.3 Å². The number of benzene rings is 1. The van der Waals surface area contributed by atoms with Crippen molar-refractivity contribution >= 4 is 23.1 Å². The second-order valence-corrected chi connectivity index (χ2v) is 5.02. The van der Waals surface area contributed by atoms with E-state index in [4.69, 9.17) is 9.84 Å². The van der Waals surface area contributed by atoms with Gasteiger partial charge in [-0.25, -0.2) is 9.78 Å². The Morgan fingerprint density at radius 1 is 1.26 bits per heavy atom. The zero-order valence-electron chi connectivity index (χ0n) is 12.6. The molecule has 5 heteroatoms. The van der Waals surface area contributed by atoms with Crippen molar-refractivity contribution in [1.82, 2.24) is 9.55 Å². The summed E-state index contributed by atoms with van der Waals surface area (Å²) in [4.78, 5) is 15.4. The number of nitrogens with zero attached hydrogens (tertiary/aromatic N) is 2. The smallest absolute Gasteiger partial charge is 0.328 e. The molecule has 3 rings (SSSR count). The quantitative estimate of drug-likeness (QED) is 0.734.